The number of halogens is 2. The molecule has 0 atom stereocenters. The van der Waals surface area contributed by atoms with E-state index in [1.54, 1.807) is 0 Å². The minimum atomic E-state index is -0.900. The van der Waals surface area contributed by atoms with Gasteiger partial charge in [-0.15, -0.1) is 0 Å². The number of carbonyl (C=O) groups excluding carboxylic acids is 1. The number of carbonyl (C=O) groups is 1. The summed E-state index contributed by atoms with van der Waals surface area (Å²) in [5.74, 6) is -1.82. The van der Waals surface area contributed by atoms with Crippen LogP contribution < -0.4 is 11.1 Å². The average molecular weight is 240 g/mol. The Morgan fingerprint density at radius 3 is 2.24 bits per heavy atom. The monoisotopic (exact) mass is 240 g/mol. The van der Waals surface area contributed by atoms with Crippen LogP contribution in [0.3, 0.4) is 0 Å². The van der Waals surface area contributed by atoms with E-state index in [0.29, 0.717) is 12.8 Å². The highest BCUT2D eigenvalue weighted by Gasteiger charge is 2.36. The van der Waals surface area contributed by atoms with Gasteiger partial charge in [0.2, 0.25) is 5.91 Å². The maximum Gasteiger partial charge on any atom is 0.244 e. The Morgan fingerprint density at radius 2 is 1.71 bits per heavy atom. The number of anilines is 1. The van der Waals surface area contributed by atoms with Gasteiger partial charge in [0.05, 0.1) is 5.54 Å². The second kappa shape index (κ2) is 4.41. The summed E-state index contributed by atoms with van der Waals surface area (Å²) in [6.45, 7) is 0. The van der Waals surface area contributed by atoms with Crippen LogP contribution in [0.1, 0.15) is 25.7 Å². The van der Waals surface area contributed by atoms with Crippen molar-refractivity contribution in [2.75, 3.05) is 5.32 Å². The van der Waals surface area contributed by atoms with Crippen molar-refractivity contribution < 1.29 is 13.6 Å². The highest BCUT2D eigenvalue weighted by molar-refractivity contribution is 5.98. The molecule has 1 aliphatic rings. The molecule has 2 rings (SSSR count). The normalized spacial score (nSPS) is 18.1. The third-order valence-electron chi connectivity index (χ3n) is 3.07. The Bertz CT molecular complexity index is 422. The Balaban J connectivity index is 2.12. The largest absolute Gasteiger partial charge is 0.324 e. The molecular weight excluding hydrogens is 226 g/mol. The quantitative estimate of drug-likeness (QED) is 0.832. The van der Waals surface area contributed by atoms with Gasteiger partial charge in [-0.2, -0.15) is 0 Å². The number of hydrogen-bond acceptors (Lipinski definition) is 2. The van der Waals surface area contributed by atoms with Gasteiger partial charge in [0.15, 0.2) is 0 Å². The molecule has 0 unspecified atom stereocenters. The minimum Gasteiger partial charge on any atom is -0.324 e. The maximum absolute atomic E-state index is 12.9. The van der Waals surface area contributed by atoms with Crippen LogP contribution in [0.2, 0.25) is 0 Å². The summed E-state index contributed by atoms with van der Waals surface area (Å²) in [6, 6.07) is 2.89. The lowest BCUT2D eigenvalue weighted by atomic mass is 9.98. The minimum absolute atomic E-state index is 0.101. The maximum atomic E-state index is 12.9. The van der Waals surface area contributed by atoms with E-state index in [0.717, 1.165) is 31.0 Å². The summed E-state index contributed by atoms with van der Waals surface area (Å²) in [6.07, 6.45) is 3.02. The van der Waals surface area contributed by atoms with Gasteiger partial charge < -0.3 is 11.1 Å². The molecule has 17 heavy (non-hydrogen) atoms. The van der Waals surface area contributed by atoms with Crippen molar-refractivity contribution >= 4 is 11.6 Å². The zero-order chi connectivity index (χ0) is 12.5. The Kier molecular flexibility index (Phi) is 3.11. The van der Waals surface area contributed by atoms with Gasteiger partial charge in [-0.25, -0.2) is 8.78 Å². The van der Waals surface area contributed by atoms with E-state index in [1.807, 2.05) is 0 Å². The van der Waals surface area contributed by atoms with Crippen molar-refractivity contribution in [3.63, 3.8) is 0 Å². The molecule has 0 aliphatic heterocycles. The third-order valence-corrected chi connectivity index (χ3v) is 3.07. The van der Waals surface area contributed by atoms with Crippen LogP contribution in [0.5, 0.6) is 0 Å². The molecule has 0 saturated heterocycles. The first-order valence-corrected chi connectivity index (χ1v) is 5.56. The Hall–Kier alpha value is -1.49. The molecule has 0 radical (unpaired) electrons. The van der Waals surface area contributed by atoms with E-state index in [-0.39, 0.29) is 11.6 Å². The van der Waals surface area contributed by atoms with Crippen LogP contribution in [0.15, 0.2) is 18.2 Å². The summed E-state index contributed by atoms with van der Waals surface area (Å²) in [5, 5.41) is 2.46. The molecule has 1 aromatic carbocycles. The lowest BCUT2D eigenvalue weighted by Gasteiger charge is -2.22. The van der Waals surface area contributed by atoms with Crippen molar-refractivity contribution in [1.82, 2.24) is 0 Å². The fourth-order valence-corrected chi connectivity index (χ4v) is 2.11. The van der Waals surface area contributed by atoms with Gasteiger partial charge >= 0.3 is 0 Å². The van der Waals surface area contributed by atoms with Crippen LogP contribution in [0.4, 0.5) is 14.5 Å². The van der Waals surface area contributed by atoms with Crippen LogP contribution in [0, 0.1) is 11.6 Å². The lowest BCUT2D eigenvalue weighted by Crippen LogP contribution is -2.48. The summed E-state index contributed by atoms with van der Waals surface area (Å²) in [7, 11) is 0. The fraction of sp³-hybridized carbons (Fsp3) is 0.417. The Morgan fingerprint density at radius 1 is 1.18 bits per heavy atom. The first-order valence-electron chi connectivity index (χ1n) is 5.56. The van der Waals surface area contributed by atoms with Gasteiger partial charge in [0.25, 0.3) is 0 Å². The molecule has 92 valence electrons. The molecule has 3 nitrogen and oxygen atoms in total. The first kappa shape index (κ1) is 12.0. The molecule has 1 aromatic rings. The number of hydrogen-bond donors (Lipinski definition) is 2. The molecule has 0 bridgehead atoms. The first-order chi connectivity index (χ1) is 7.99. The summed E-state index contributed by atoms with van der Waals surface area (Å²) < 4.78 is 25.9. The number of benzene rings is 1. The van der Waals surface area contributed by atoms with Gasteiger partial charge in [0, 0.05) is 11.8 Å². The van der Waals surface area contributed by atoms with Crippen LogP contribution >= 0.6 is 0 Å². The molecule has 0 spiro atoms. The van der Waals surface area contributed by atoms with Gasteiger partial charge in [0.1, 0.15) is 11.6 Å². The van der Waals surface area contributed by atoms with Crippen molar-refractivity contribution in [1.29, 1.82) is 0 Å². The second-order valence-corrected chi connectivity index (χ2v) is 4.48. The molecule has 3 N–H and O–H groups in total. The van der Waals surface area contributed by atoms with Gasteiger partial charge in [-0.1, -0.05) is 12.8 Å². The van der Waals surface area contributed by atoms with E-state index >= 15 is 0 Å². The average Bonchev–Trinajstić information content (AvgIpc) is 2.64. The standard InChI is InChI=1S/C12H14F2N2O/c13-8-5-9(14)7-10(6-8)16-11(17)12(15)3-1-2-4-12/h5-7H,1-4,15H2,(H,16,17). The van der Waals surface area contributed by atoms with E-state index in [9.17, 15) is 13.6 Å². The summed E-state index contributed by atoms with van der Waals surface area (Å²) in [4.78, 5) is 11.9. The highest BCUT2D eigenvalue weighted by Crippen LogP contribution is 2.28. The van der Waals surface area contributed by atoms with E-state index in [4.69, 9.17) is 5.73 Å². The van der Waals surface area contributed by atoms with E-state index in [2.05, 4.69) is 5.32 Å². The van der Waals surface area contributed by atoms with Gasteiger partial charge in [-0.3, -0.25) is 4.79 Å². The fourth-order valence-electron chi connectivity index (χ4n) is 2.11. The summed E-state index contributed by atoms with van der Waals surface area (Å²) in [5.41, 5.74) is 5.13. The van der Waals surface area contributed by atoms with Gasteiger partial charge in [-0.05, 0) is 25.0 Å². The highest BCUT2D eigenvalue weighted by atomic mass is 19.1. The molecule has 1 aliphatic carbocycles. The predicted octanol–water partition coefficient (Wildman–Crippen LogP) is 2.17. The SMILES string of the molecule is NC1(C(=O)Nc2cc(F)cc(F)c2)CCCC1. The van der Waals surface area contributed by atoms with Crippen molar-refractivity contribution in [3.8, 4) is 0 Å². The number of rotatable bonds is 2. The van der Waals surface area contributed by atoms with Crippen LogP contribution in [-0.4, -0.2) is 11.4 Å². The Labute approximate surface area is 98.0 Å². The van der Waals surface area contributed by atoms with Crippen molar-refractivity contribution in [2.24, 2.45) is 5.73 Å². The molecule has 1 saturated carbocycles. The molecular formula is C12H14F2N2O. The van der Waals surface area contributed by atoms with Crippen molar-refractivity contribution in [2.45, 2.75) is 31.2 Å². The van der Waals surface area contributed by atoms with Crippen molar-refractivity contribution in [3.05, 3.63) is 29.8 Å². The third kappa shape index (κ3) is 2.61. The number of nitrogens with one attached hydrogen (secondary N) is 1. The number of nitrogens with two attached hydrogens (primary N) is 1. The topological polar surface area (TPSA) is 55.1 Å². The zero-order valence-corrected chi connectivity index (χ0v) is 9.30. The molecule has 0 aromatic heterocycles. The number of amides is 1. The van der Waals surface area contributed by atoms with Crippen LogP contribution in [-0.2, 0) is 4.79 Å². The predicted molar refractivity (Wildman–Crippen MR) is 60.4 cm³/mol. The van der Waals surface area contributed by atoms with Crippen LogP contribution in [0.25, 0.3) is 0 Å². The van der Waals surface area contributed by atoms with E-state index in [1.165, 1.54) is 0 Å². The summed E-state index contributed by atoms with van der Waals surface area (Å²) >= 11 is 0. The second-order valence-electron chi connectivity index (χ2n) is 4.48. The zero-order valence-electron chi connectivity index (χ0n) is 9.30. The molecule has 0 heterocycles. The molecule has 1 amide bonds. The molecule has 1 fully saturated rings. The lowest BCUT2D eigenvalue weighted by molar-refractivity contribution is -0.121. The van der Waals surface area contributed by atoms with E-state index < -0.39 is 17.2 Å². The smallest absolute Gasteiger partial charge is 0.244 e. The molecule has 5 heteroatoms.